The molecule has 0 bridgehead atoms. The monoisotopic (exact) mass is 1000 g/mol. The quantitative estimate of drug-likeness (QED) is 0.0261. The molecular formula is C67H104O6. The number of carbonyl (C=O) groups excluding carboxylic acids is 3. The van der Waals surface area contributed by atoms with E-state index in [2.05, 4.69) is 167 Å². The summed E-state index contributed by atoms with van der Waals surface area (Å²) in [5, 5.41) is 0. The van der Waals surface area contributed by atoms with Gasteiger partial charge in [-0.15, -0.1) is 0 Å². The van der Waals surface area contributed by atoms with Crippen LogP contribution in [0, 0.1) is 0 Å². The Labute approximate surface area is 448 Å². The maximum absolute atomic E-state index is 12.7. The molecule has 6 heteroatoms. The topological polar surface area (TPSA) is 78.9 Å². The van der Waals surface area contributed by atoms with Gasteiger partial charge in [-0.25, -0.2) is 0 Å². The molecule has 0 spiro atoms. The highest BCUT2D eigenvalue weighted by molar-refractivity contribution is 5.71. The fraction of sp³-hybridized carbons (Fsp3) is 0.567. The second-order valence-corrected chi connectivity index (χ2v) is 18.4. The Kier molecular flexibility index (Phi) is 55.5. The standard InChI is InChI=1S/C67H104O6/c1-4-7-10-13-15-17-19-21-23-25-27-28-29-30-31-32-33-34-35-36-37-38-40-41-43-45-47-49-51-54-57-60-66(69)72-63-64(62-71-65(68)59-56-53-12-9-6-3)73-67(70)61-58-55-52-50-48-46-44-42-39-26-24-22-20-18-16-14-11-8-5-2/h7-8,10-11,15-18,21-24,27-28,30-31,33-34,36-37,39,42,46,48,52,55,64H,4-6,9,12-14,19-20,25-26,29,32,35,38,40-41,43-45,47,49-51,53-54,56-63H2,1-3H3/b10-7-,11-8-,17-15-,18-16-,23-21-,24-22-,28-27-,31-30-,34-33-,37-36-,42-39-,48-46-,55-52-. The number of allylic oxidation sites excluding steroid dienone is 26. The van der Waals surface area contributed by atoms with Crippen molar-refractivity contribution < 1.29 is 28.6 Å². The van der Waals surface area contributed by atoms with Crippen molar-refractivity contribution in [3.8, 4) is 0 Å². The SMILES string of the molecule is CC/C=C\C/C=C\C/C=C\C/C=C\C/C=C\C/C=C\C/C=C\CCCCCCCCCCCC(=O)OCC(COC(=O)CCCCCCC)OC(=O)CC/C=C\C/C=C\C/C=C\C/C=C\C/C=C\C/C=C\CC. The van der Waals surface area contributed by atoms with Crippen molar-refractivity contribution in [2.45, 2.75) is 232 Å². The lowest BCUT2D eigenvalue weighted by Gasteiger charge is -2.18. The van der Waals surface area contributed by atoms with E-state index < -0.39 is 12.1 Å². The molecule has 0 aliphatic heterocycles. The zero-order valence-electron chi connectivity index (χ0n) is 46.6. The van der Waals surface area contributed by atoms with Crippen molar-refractivity contribution in [1.82, 2.24) is 0 Å². The van der Waals surface area contributed by atoms with Gasteiger partial charge in [0.25, 0.3) is 0 Å². The maximum atomic E-state index is 12.7. The van der Waals surface area contributed by atoms with Crippen LogP contribution in [-0.4, -0.2) is 37.2 Å². The van der Waals surface area contributed by atoms with Gasteiger partial charge in [-0.2, -0.15) is 0 Å². The van der Waals surface area contributed by atoms with Crippen molar-refractivity contribution >= 4 is 17.9 Å². The van der Waals surface area contributed by atoms with Crippen molar-refractivity contribution in [2.75, 3.05) is 13.2 Å². The van der Waals surface area contributed by atoms with Crippen LogP contribution >= 0.6 is 0 Å². The van der Waals surface area contributed by atoms with Crippen molar-refractivity contribution in [1.29, 1.82) is 0 Å². The predicted octanol–water partition coefficient (Wildman–Crippen LogP) is 19.8. The summed E-state index contributed by atoms with van der Waals surface area (Å²) in [5.74, 6) is -1.03. The molecule has 1 unspecified atom stereocenters. The number of rotatable bonds is 50. The molecule has 0 aromatic heterocycles. The molecule has 0 saturated heterocycles. The summed E-state index contributed by atoms with van der Waals surface area (Å²) in [5.41, 5.74) is 0. The molecule has 0 aromatic carbocycles. The van der Waals surface area contributed by atoms with E-state index in [9.17, 15) is 14.4 Å². The summed E-state index contributed by atoms with van der Waals surface area (Å²) in [6.07, 6.45) is 87.2. The van der Waals surface area contributed by atoms with Crippen molar-refractivity contribution in [3.63, 3.8) is 0 Å². The van der Waals surface area contributed by atoms with Crippen LogP contribution in [-0.2, 0) is 28.6 Å². The highest BCUT2D eigenvalue weighted by Gasteiger charge is 2.19. The van der Waals surface area contributed by atoms with Crippen LogP contribution in [0.3, 0.4) is 0 Å². The van der Waals surface area contributed by atoms with Crippen LogP contribution in [0.4, 0.5) is 0 Å². The molecule has 0 heterocycles. The molecule has 0 rings (SSSR count). The highest BCUT2D eigenvalue weighted by atomic mass is 16.6. The minimum atomic E-state index is -0.824. The van der Waals surface area contributed by atoms with E-state index in [4.69, 9.17) is 14.2 Å². The van der Waals surface area contributed by atoms with E-state index in [0.717, 1.165) is 141 Å². The smallest absolute Gasteiger partial charge is 0.306 e. The third kappa shape index (κ3) is 57.8. The zero-order valence-corrected chi connectivity index (χ0v) is 46.6. The van der Waals surface area contributed by atoms with Crippen LogP contribution in [0.2, 0.25) is 0 Å². The number of unbranched alkanes of at least 4 members (excludes halogenated alkanes) is 13. The number of hydrogen-bond donors (Lipinski definition) is 0. The van der Waals surface area contributed by atoms with Crippen molar-refractivity contribution in [3.05, 3.63) is 158 Å². The van der Waals surface area contributed by atoms with Gasteiger partial charge in [0.2, 0.25) is 0 Å². The first-order chi connectivity index (χ1) is 36.0. The average Bonchev–Trinajstić information content (AvgIpc) is 3.39. The molecule has 73 heavy (non-hydrogen) atoms. The van der Waals surface area contributed by atoms with Crippen LogP contribution < -0.4 is 0 Å². The van der Waals surface area contributed by atoms with Crippen molar-refractivity contribution in [2.24, 2.45) is 0 Å². The summed E-state index contributed by atoms with van der Waals surface area (Å²) < 4.78 is 16.6. The van der Waals surface area contributed by atoms with Gasteiger partial charge in [-0.05, 0) is 116 Å². The van der Waals surface area contributed by atoms with E-state index >= 15 is 0 Å². The third-order valence-corrected chi connectivity index (χ3v) is 11.5. The number of esters is 3. The fourth-order valence-corrected chi connectivity index (χ4v) is 7.27. The Morgan fingerprint density at radius 2 is 0.562 bits per heavy atom. The lowest BCUT2D eigenvalue weighted by molar-refractivity contribution is -0.166. The molecule has 0 aromatic rings. The van der Waals surface area contributed by atoms with E-state index in [0.29, 0.717) is 19.3 Å². The Morgan fingerprint density at radius 1 is 0.288 bits per heavy atom. The van der Waals surface area contributed by atoms with Gasteiger partial charge < -0.3 is 14.2 Å². The first-order valence-electron chi connectivity index (χ1n) is 29.0. The molecule has 408 valence electrons. The average molecular weight is 1010 g/mol. The van der Waals surface area contributed by atoms with Gasteiger partial charge in [0.15, 0.2) is 6.10 Å². The molecule has 6 nitrogen and oxygen atoms in total. The van der Waals surface area contributed by atoms with Gasteiger partial charge in [-0.3, -0.25) is 14.4 Å². The molecule has 0 fully saturated rings. The molecular weight excluding hydrogens is 901 g/mol. The van der Waals surface area contributed by atoms with Gasteiger partial charge in [-0.1, -0.05) is 249 Å². The van der Waals surface area contributed by atoms with Gasteiger partial charge in [0.1, 0.15) is 13.2 Å². The highest BCUT2D eigenvalue weighted by Crippen LogP contribution is 2.13. The lowest BCUT2D eigenvalue weighted by Crippen LogP contribution is -2.30. The Bertz CT molecular complexity index is 1670. The first-order valence-corrected chi connectivity index (χ1v) is 29.0. The van der Waals surface area contributed by atoms with Crippen LogP contribution in [0.5, 0.6) is 0 Å². The Hall–Kier alpha value is -4.97. The molecule has 0 aliphatic rings. The van der Waals surface area contributed by atoms with Crippen LogP contribution in [0.15, 0.2) is 158 Å². The van der Waals surface area contributed by atoms with Gasteiger partial charge >= 0.3 is 17.9 Å². The molecule has 0 aliphatic carbocycles. The van der Waals surface area contributed by atoms with E-state index in [1.165, 1.54) is 38.5 Å². The Morgan fingerprint density at radius 3 is 0.890 bits per heavy atom. The third-order valence-electron chi connectivity index (χ3n) is 11.5. The van der Waals surface area contributed by atoms with E-state index in [1.54, 1.807) is 0 Å². The second-order valence-electron chi connectivity index (χ2n) is 18.4. The summed E-state index contributed by atoms with van der Waals surface area (Å²) in [4.78, 5) is 37.8. The molecule has 0 saturated carbocycles. The maximum Gasteiger partial charge on any atom is 0.306 e. The fourth-order valence-electron chi connectivity index (χ4n) is 7.27. The zero-order chi connectivity index (χ0) is 52.9. The minimum Gasteiger partial charge on any atom is -0.462 e. The van der Waals surface area contributed by atoms with Crippen LogP contribution in [0.1, 0.15) is 226 Å². The Balaban J connectivity index is 4.20. The predicted molar refractivity (Wildman–Crippen MR) is 315 cm³/mol. The van der Waals surface area contributed by atoms with E-state index in [-0.39, 0.29) is 31.6 Å². The molecule has 0 radical (unpaired) electrons. The minimum absolute atomic E-state index is 0.117. The summed E-state index contributed by atoms with van der Waals surface area (Å²) >= 11 is 0. The summed E-state index contributed by atoms with van der Waals surface area (Å²) in [6, 6.07) is 0. The summed E-state index contributed by atoms with van der Waals surface area (Å²) in [6.45, 7) is 6.24. The lowest BCUT2D eigenvalue weighted by atomic mass is 10.1. The molecule has 0 amide bonds. The van der Waals surface area contributed by atoms with Crippen LogP contribution in [0.25, 0.3) is 0 Å². The van der Waals surface area contributed by atoms with E-state index in [1.807, 2.05) is 12.2 Å². The molecule has 1 atom stereocenters. The normalized spacial score (nSPS) is 13.3. The number of ether oxygens (including phenoxy) is 3. The number of carbonyl (C=O) groups is 3. The first kappa shape index (κ1) is 68.0. The molecule has 0 N–H and O–H groups in total. The van der Waals surface area contributed by atoms with Gasteiger partial charge in [0, 0.05) is 19.3 Å². The largest absolute Gasteiger partial charge is 0.462 e. The second kappa shape index (κ2) is 59.6. The number of hydrogen-bond acceptors (Lipinski definition) is 6. The van der Waals surface area contributed by atoms with Gasteiger partial charge in [0.05, 0.1) is 0 Å². The summed E-state index contributed by atoms with van der Waals surface area (Å²) in [7, 11) is 0.